The number of ether oxygens (including phenoxy) is 1. The van der Waals surface area contributed by atoms with Gasteiger partial charge < -0.3 is 15.2 Å². The minimum Gasteiger partial charge on any atom is -0.494 e. The maximum atomic E-state index is 12.0. The third kappa shape index (κ3) is 8.23. The molecule has 1 amide bonds. The van der Waals surface area contributed by atoms with Crippen LogP contribution in [0.1, 0.15) is 39.0 Å². The van der Waals surface area contributed by atoms with Crippen LogP contribution in [-0.4, -0.2) is 50.8 Å². The highest BCUT2D eigenvalue weighted by Gasteiger charge is 2.10. The van der Waals surface area contributed by atoms with Gasteiger partial charge in [0.15, 0.2) is 5.82 Å². The first-order chi connectivity index (χ1) is 19.0. The molecule has 202 valence electrons. The molecule has 0 aliphatic heterocycles. The van der Waals surface area contributed by atoms with Crippen LogP contribution in [0.4, 0.5) is 0 Å². The van der Waals surface area contributed by atoms with Gasteiger partial charge in [-0.1, -0.05) is 74.0 Å². The van der Waals surface area contributed by atoms with Gasteiger partial charge in [-0.2, -0.15) is 0 Å². The molecule has 0 bridgehead atoms. The first-order valence-corrected chi connectivity index (χ1v) is 13.2. The molecular weight excluding hydrogens is 494 g/mol. The Labute approximate surface area is 227 Å². The molecule has 1 atom stereocenters. The Morgan fingerprint density at radius 3 is 1.95 bits per heavy atom. The molecule has 9 heteroatoms. The molecule has 1 aromatic heterocycles. The lowest BCUT2D eigenvalue weighted by Gasteiger charge is -2.09. The van der Waals surface area contributed by atoms with Gasteiger partial charge in [0.25, 0.3) is 0 Å². The van der Waals surface area contributed by atoms with Crippen LogP contribution in [0.15, 0.2) is 72.8 Å². The Balaban J connectivity index is 1.17. The summed E-state index contributed by atoms with van der Waals surface area (Å²) in [6, 6.07) is 24.4. The van der Waals surface area contributed by atoms with E-state index < -0.39 is 5.97 Å². The molecule has 0 saturated heterocycles. The van der Waals surface area contributed by atoms with Crippen LogP contribution in [0, 0.1) is 5.92 Å². The molecule has 0 fully saturated rings. The second-order valence-corrected chi connectivity index (χ2v) is 9.47. The van der Waals surface area contributed by atoms with E-state index in [0.29, 0.717) is 38.2 Å². The average Bonchev–Trinajstić information content (AvgIpc) is 3.51. The summed E-state index contributed by atoms with van der Waals surface area (Å²) in [4.78, 5) is 22.8. The summed E-state index contributed by atoms with van der Waals surface area (Å²) >= 11 is 0. The lowest BCUT2D eigenvalue weighted by molar-refractivity contribution is -0.141. The molecule has 0 aliphatic rings. The normalized spacial score (nSPS) is 11.6. The quantitative estimate of drug-likeness (QED) is 0.188. The fraction of sp³-hybridized carbons (Fsp3) is 0.300. The van der Waals surface area contributed by atoms with E-state index in [2.05, 4.69) is 50.2 Å². The number of unbranched alkanes of at least 4 members (excludes halogenated alkanes) is 1. The molecule has 0 aliphatic carbocycles. The number of H-pyrrole nitrogens is 1. The average molecular weight is 528 g/mol. The van der Waals surface area contributed by atoms with Crippen molar-refractivity contribution in [1.29, 1.82) is 0 Å². The van der Waals surface area contributed by atoms with Gasteiger partial charge >= 0.3 is 5.97 Å². The number of carbonyl (C=O) groups excluding carboxylic acids is 1. The second-order valence-electron chi connectivity index (χ2n) is 9.47. The molecule has 1 heterocycles. The SMILES string of the molecule is C[C@@H](CCCCNC(=O)CCCOc1ccc(-c2ccc(-c3ccc(-c4nnn[nH]4)cc3)cc2)cc1)C(=O)O. The third-order valence-corrected chi connectivity index (χ3v) is 6.53. The van der Waals surface area contributed by atoms with E-state index >= 15 is 0 Å². The van der Waals surface area contributed by atoms with Crippen LogP contribution in [0.2, 0.25) is 0 Å². The largest absolute Gasteiger partial charge is 0.494 e. The van der Waals surface area contributed by atoms with Gasteiger partial charge in [-0.25, -0.2) is 5.10 Å². The zero-order valence-electron chi connectivity index (χ0n) is 22.0. The van der Waals surface area contributed by atoms with Crippen LogP contribution < -0.4 is 10.1 Å². The van der Waals surface area contributed by atoms with E-state index in [1.807, 2.05) is 48.5 Å². The molecule has 4 rings (SSSR count). The minimum atomic E-state index is -0.774. The number of benzene rings is 3. The van der Waals surface area contributed by atoms with Gasteiger partial charge in [0.1, 0.15) is 5.75 Å². The number of carboxylic acids is 1. The van der Waals surface area contributed by atoms with Gasteiger partial charge in [-0.15, -0.1) is 5.10 Å². The van der Waals surface area contributed by atoms with Crippen molar-refractivity contribution in [1.82, 2.24) is 25.9 Å². The van der Waals surface area contributed by atoms with Gasteiger partial charge in [0, 0.05) is 18.5 Å². The lowest BCUT2D eigenvalue weighted by Crippen LogP contribution is -2.24. The van der Waals surface area contributed by atoms with Crippen molar-refractivity contribution in [2.24, 2.45) is 5.92 Å². The summed E-state index contributed by atoms with van der Waals surface area (Å²) in [5.41, 5.74) is 5.38. The number of aromatic nitrogens is 4. The van der Waals surface area contributed by atoms with Crippen LogP contribution >= 0.6 is 0 Å². The van der Waals surface area contributed by atoms with E-state index in [0.717, 1.165) is 46.4 Å². The van der Waals surface area contributed by atoms with E-state index in [1.165, 1.54) is 0 Å². The first kappa shape index (κ1) is 27.5. The van der Waals surface area contributed by atoms with Crippen LogP contribution in [0.3, 0.4) is 0 Å². The molecule has 9 nitrogen and oxygen atoms in total. The number of rotatable bonds is 14. The van der Waals surface area contributed by atoms with Crippen LogP contribution in [0.5, 0.6) is 5.75 Å². The molecule has 0 saturated carbocycles. The number of nitrogens with zero attached hydrogens (tertiary/aromatic N) is 3. The van der Waals surface area contributed by atoms with Crippen molar-refractivity contribution in [3.05, 3.63) is 72.8 Å². The smallest absolute Gasteiger partial charge is 0.306 e. The maximum absolute atomic E-state index is 12.0. The number of carboxylic acid groups (broad SMARTS) is 1. The number of hydrogen-bond donors (Lipinski definition) is 3. The topological polar surface area (TPSA) is 130 Å². The molecule has 0 radical (unpaired) electrons. The summed E-state index contributed by atoms with van der Waals surface area (Å²) in [5, 5.41) is 25.7. The molecular formula is C30H33N5O4. The Morgan fingerprint density at radius 2 is 1.41 bits per heavy atom. The van der Waals surface area contributed by atoms with Crippen molar-refractivity contribution in [3.8, 4) is 39.4 Å². The standard InChI is InChI=1S/C30H33N5O4/c1-21(30(37)38)5-2-3-19-31-28(36)6-4-20-39-27-17-15-25(16-18-27)23-9-7-22(8-10-23)24-11-13-26(14-12-24)29-32-34-35-33-29/h7-18,21H,2-6,19-20H2,1H3,(H,31,36)(H,37,38)(H,32,33,34,35)/t21-/m0/s1. The van der Waals surface area contributed by atoms with Crippen molar-refractivity contribution in [2.75, 3.05) is 13.2 Å². The summed E-state index contributed by atoms with van der Waals surface area (Å²) in [6.07, 6.45) is 3.22. The Kier molecular flexibility index (Phi) is 9.77. The number of carbonyl (C=O) groups is 2. The Morgan fingerprint density at radius 1 is 0.846 bits per heavy atom. The zero-order valence-corrected chi connectivity index (χ0v) is 22.0. The van der Waals surface area contributed by atoms with E-state index in [9.17, 15) is 9.59 Å². The zero-order chi connectivity index (χ0) is 27.5. The van der Waals surface area contributed by atoms with Gasteiger partial charge in [-0.3, -0.25) is 9.59 Å². The number of hydrogen-bond acceptors (Lipinski definition) is 6. The fourth-order valence-corrected chi connectivity index (χ4v) is 4.14. The number of aliphatic carboxylic acids is 1. The van der Waals surface area contributed by atoms with Crippen LogP contribution in [0.25, 0.3) is 33.6 Å². The molecule has 0 unspecified atom stereocenters. The predicted octanol–water partition coefficient (Wildman–Crippen LogP) is 5.37. The summed E-state index contributed by atoms with van der Waals surface area (Å²) in [5.74, 6) is 0.288. The molecule has 3 N–H and O–H groups in total. The summed E-state index contributed by atoms with van der Waals surface area (Å²) < 4.78 is 5.80. The van der Waals surface area contributed by atoms with Crippen LogP contribution in [-0.2, 0) is 9.59 Å². The predicted molar refractivity (Wildman–Crippen MR) is 149 cm³/mol. The first-order valence-electron chi connectivity index (χ1n) is 13.2. The second kappa shape index (κ2) is 13.9. The van der Waals surface area contributed by atoms with Gasteiger partial charge in [0.2, 0.25) is 5.91 Å². The van der Waals surface area contributed by atoms with Crippen molar-refractivity contribution < 1.29 is 19.4 Å². The third-order valence-electron chi connectivity index (χ3n) is 6.53. The highest BCUT2D eigenvalue weighted by atomic mass is 16.5. The Bertz CT molecular complexity index is 1320. The van der Waals surface area contributed by atoms with Gasteiger partial charge in [-0.05, 0) is 64.1 Å². The number of aromatic amines is 1. The molecule has 3 aromatic carbocycles. The molecule has 0 spiro atoms. The van der Waals surface area contributed by atoms with E-state index in [-0.39, 0.29) is 11.8 Å². The highest BCUT2D eigenvalue weighted by Crippen LogP contribution is 2.27. The lowest BCUT2D eigenvalue weighted by atomic mass is 9.99. The number of nitrogens with one attached hydrogen (secondary N) is 2. The molecule has 39 heavy (non-hydrogen) atoms. The fourth-order valence-electron chi connectivity index (χ4n) is 4.14. The van der Waals surface area contributed by atoms with Crippen molar-refractivity contribution in [3.63, 3.8) is 0 Å². The maximum Gasteiger partial charge on any atom is 0.306 e. The van der Waals surface area contributed by atoms with Crippen molar-refractivity contribution in [2.45, 2.75) is 39.0 Å². The van der Waals surface area contributed by atoms with E-state index in [4.69, 9.17) is 9.84 Å². The molecule has 4 aromatic rings. The highest BCUT2D eigenvalue weighted by molar-refractivity contribution is 5.75. The number of amides is 1. The van der Waals surface area contributed by atoms with E-state index in [1.54, 1.807) is 6.92 Å². The Hall–Kier alpha value is -4.53. The van der Waals surface area contributed by atoms with Gasteiger partial charge in [0.05, 0.1) is 12.5 Å². The monoisotopic (exact) mass is 527 g/mol. The minimum absolute atomic E-state index is 0.00764. The van der Waals surface area contributed by atoms with Crippen molar-refractivity contribution >= 4 is 11.9 Å². The summed E-state index contributed by atoms with van der Waals surface area (Å²) in [7, 11) is 0. The number of tetrazole rings is 1. The summed E-state index contributed by atoms with van der Waals surface area (Å²) in [6.45, 7) is 2.74.